The number of rotatable bonds is 6. The number of hydrogen-bond donors (Lipinski definition) is 0. The second-order valence-corrected chi connectivity index (χ2v) is 11.5. The van der Waals surface area contributed by atoms with Crippen LogP contribution < -0.4 is 9.80 Å². The number of likely N-dealkylation sites (tertiary alicyclic amines) is 1. The van der Waals surface area contributed by atoms with E-state index >= 15 is 0 Å². The first-order valence-corrected chi connectivity index (χ1v) is 15.3. The summed E-state index contributed by atoms with van der Waals surface area (Å²) < 4.78 is 27.4. The molecule has 1 aromatic rings. The number of nitrogens with zero attached hydrogens (tertiary/aromatic N) is 3. The first-order chi connectivity index (χ1) is 20.3. The summed E-state index contributed by atoms with van der Waals surface area (Å²) in [5, 5.41) is 0. The molecule has 3 aliphatic rings. The van der Waals surface area contributed by atoms with Crippen molar-refractivity contribution in [3.8, 4) is 0 Å². The van der Waals surface area contributed by atoms with E-state index in [1.54, 1.807) is 25.7 Å². The molecule has 3 unspecified atom stereocenters. The normalized spacial score (nSPS) is 22.7. The van der Waals surface area contributed by atoms with Gasteiger partial charge in [-0.3, -0.25) is 9.69 Å². The van der Waals surface area contributed by atoms with Crippen molar-refractivity contribution in [3.63, 3.8) is 0 Å². The summed E-state index contributed by atoms with van der Waals surface area (Å²) in [6, 6.07) is 7.46. The molecular formula is C32H55N3O8. The van der Waals surface area contributed by atoms with Gasteiger partial charge in [-0.1, -0.05) is 27.7 Å². The summed E-state index contributed by atoms with van der Waals surface area (Å²) in [4.78, 5) is 40.2. The molecule has 1 aromatic carbocycles. The molecule has 3 heterocycles. The minimum atomic E-state index is -0.593. The molecule has 43 heavy (non-hydrogen) atoms. The summed E-state index contributed by atoms with van der Waals surface area (Å²) in [5.41, 5.74) is 1.48. The number of carbonyl (C=O) groups is 3. The molecule has 0 N–H and O–H groups in total. The number of ether oxygens (including phenoxy) is 5. The number of hydrogen-bond acceptors (Lipinski definition) is 9. The lowest BCUT2D eigenvalue weighted by atomic mass is 10.2. The average Bonchev–Trinajstić information content (AvgIpc) is 3.56. The average molecular weight is 610 g/mol. The van der Waals surface area contributed by atoms with Crippen LogP contribution in [-0.4, -0.2) is 106 Å². The molecule has 0 aromatic heterocycles. The highest BCUT2D eigenvalue weighted by atomic mass is 16.7. The number of amides is 2. The van der Waals surface area contributed by atoms with Crippen molar-refractivity contribution in [2.45, 2.75) is 98.4 Å². The van der Waals surface area contributed by atoms with Crippen LogP contribution in [-0.2, 0) is 33.3 Å². The Balaban J connectivity index is 0.000000404. The first kappa shape index (κ1) is 38.3. The fourth-order valence-electron chi connectivity index (χ4n) is 4.42. The second-order valence-electron chi connectivity index (χ2n) is 11.5. The number of carbonyl (C=O) groups excluding carboxylic acids is 3. The van der Waals surface area contributed by atoms with E-state index in [1.807, 2.05) is 84.8 Å². The van der Waals surface area contributed by atoms with Gasteiger partial charge in [0, 0.05) is 38.4 Å². The summed E-state index contributed by atoms with van der Waals surface area (Å²) in [6.45, 7) is 19.7. The predicted octanol–water partition coefficient (Wildman–Crippen LogP) is 4.90. The van der Waals surface area contributed by atoms with E-state index in [-0.39, 0.29) is 24.7 Å². The van der Waals surface area contributed by atoms with E-state index in [0.717, 1.165) is 17.7 Å². The van der Waals surface area contributed by atoms with E-state index in [4.69, 9.17) is 23.7 Å². The van der Waals surface area contributed by atoms with E-state index in [2.05, 4.69) is 0 Å². The zero-order chi connectivity index (χ0) is 32.8. The summed E-state index contributed by atoms with van der Waals surface area (Å²) in [6.07, 6.45) is 0.424. The van der Waals surface area contributed by atoms with E-state index < -0.39 is 23.5 Å². The fourth-order valence-corrected chi connectivity index (χ4v) is 4.42. The van der Waals surface area contributed by atoms with Gasteiger partial charge in [-0.05, 0) is 58.9 Å². The van der Waals surface area contributed by atoms with E-state index in [1.165, 1.54) is 4.90 Å². The van der Waals surface area contributed by atoms with E-state index in [0.29, 0.717) is 39.3 Å². The van der Waals surface area contributed by atoms with Crippen molar-refractivity contribution in [3.05, 3.63) is 24.3 Å². The number of aldehydes is 1. The maximum atomic E-state index is 12.2. The number of morpholine rings is 1. The molecule has 3 aliphatic heterocycles. The van der Waals surface area contributed by atoms with Crippen LogP contribution in [0.15, 0.2) is 24.3 Å². The molecule has 11 nitrogen and oxygen atoms in total. The Hall–Kier alpha value is -2.73. The molecule has 4 rings (SSSR count). The minimum absolute atomic E-state index is 0.0313. The topological polar surface area (TPSA) is 107 Å². The van der Waals surface area contributed by atoms with Gasteiger partial charge in [-0.2, -0.15) is 0 Å². The molecule has 0 spiro atoms. The highest BCUT2D eigenvalue weighted by molar-refractivity contribution is 5.95. The van der Waals surface area contributed by atoms with Crippen molar-refractivity contribution >= 4 is 29.7 Å². The Labute approximate surface area is 258 Å². The van der Waals surface area contributed by atoms with Gasteiger partial charge < -0.3 is 38.3 Å². The largest absolute Gasteiger partial charge is 0.444 e. The third-order valence-corrected chi connectivity index (χ3v) is 6.34. The van der Waals surface area contributed by atoms with Crippen LogP contribution in [0.3, 0.4) is 0 Å². The van der Waals surface area contributed by atoms with Crippen molar-refractivity contribution in [1.82, 2.24) is 4.90 Å². The van der Waals surface area contributed by atoms with Crippen LogP contribution in [0, 0.1) is 0 Å². The molecule has 0 aliphatic carbocycles. The van der Waals surface area contributed by atoms with Gasteiger partial charge >= 0.3 is 6.09 Å². The predicted molar refractivity (Wildman–Crippen MR) is 169 cm³/mol. The van der Waals surface area contributed by atoms with Crippen LogP contribution >= 0.6 is 0 Å². The van der Waals surface area contributed by atoms with Crippen LogP contribution in [0.5, 0.6) is 0 Å². The maximum absolute atomic E-state index is 12.2. The maximum Gasteiger partial charge on any atom is 0.410 e. The molecule has 0 bridgehead atoms. The smallest absolute Gasteiger partial charge is 0.410 e. The highest BCUT2D eigenvalue weighted by Crippen LogP contribution is 2.26. The molecule has 0 radical (unpaired) electrons. The Bertz CT molecular complexity index is 978. The fraction of sp³-hybridized carbons (Fsp3) is 0.719. The Morgan fingerprint density at radius 2 is 1.74 bits per heavy atom. The monoisotopic (exact) mass is 609 g/mol. The van der Waals surface area contributed by atoms with Gasteiger partial charge in [0.25, 0.3) is 5.91 Å². The lowest BCUT2D eigenvalue weighted by Crippen LogP contribution is -2.41. The summed E-state index contributed by atoms with van der Waals surface area (Å²) in [5.74, 6) is -0.554. The number of benzene rings is 1. The molecule has 246 valence electrons. The van der Waals surface area contributed by atoms with Crippen molar-refractivity contribution in [2.75, 3.05) is 63.4 Å². The standard InChI is InChI=1S/C16H27NO6.C12H16N2O2.2C2H6/c1-15(2,3)23-14(19)17-7-12(6-11(17)8-18)20-9-13-10-21-16(4,5)22-13;1-13(2)10-3-5-11(6-4-10)14-7-8-16-9-12(14)15;2*1-2/h8,11-13H,6-7,9-10H2,1-5H3;3-6H,7-9H2,1-2H3;2*1-2H3. The van der Waals surface area contributed by atoms with Gasteiger partial charge in [0.2, 0.25) is 0 Å². The molecule has 2 amide bonds. The summed E-state index contributed by atoms with van der Waals surface area (Å²) in [7, 11) is 3.99. The van der Waals surface area contributed by atoms with Crippen molar-refractivity contribution in [2.24, 2.45) is 0 Å². The Kier molecular flexibility index (Phi) is 16.2. The molecule has 3 fully saturated rings. The second kappa shape index (κ2) is 18.2. The van der Waals surface area contributed by atoms with Crippen molar-refractivity contribution < 1.29 is 38.1 Å². The first-order valence-electron chi connectivity index (χ1n) is 15.3. The molecule has 0 saturated carbocycles. The van der Waals surface area contributed by atoms with Crippen LogP contribution in [0.2, 0.25) is 0 Å². The Morgan fingerprint density at radius 3 is 2.23 bits per heavy atom. The molecular weight excluding hydrogens is 554 g/mol. The van der Waals surface area contributed by atoms with Crippen LogP contribution in [0.1, 0.15) is 68.7 Å². The highest BCUT2D eigenvalue weighted by Gasteiger charge is 2.39. The van der Waals surface area contributed by atoms with Gasteiger partial charge in [-0.25, -0.2) is 4.79 Å². The van der Waals surface area contributed by atoms with Gasteiger partial charge in [-0.15, -0.1) is 0 Å². The van der Waals surface area contributed by atoms with Crippen LogP contribution in [0.25, 0.3) is 0 Å². The van der Waals surface area contributed by atoms with Crippen LogP contribution in [0.4, 0.5) is 16.2 Å². The van der Waals surface area contributed by atoms with Gasteiger partial charge in [0.15, 0.2) is 5.79 Å². The Morgan fingerprint density at radius 1 is 1.12 bits per heavy atom. The zero-order valence-corrected chi connectivity index (χ0v) is 28.2. The minimum Gasteiger partial charge on any atom is -0.444 e. The lowest BCUT2D eigenvalue weighted by molar-refractivity contribution is -0.147. The third kappa shape index (κ3) is 12.8. The molecule has 3 atom stereocenters. The lowest BCUT2D eigenvalue weighted by Gasteiger charge is -2.27. The van der Waals surface area contributed by atoms with Gasteiger partial charge in [0.05, 0.1) is 38.5 Å². The SMILES string of the molecule is CC.CC.CC(C)(C)OC(=O)N1CC(OCC2COC(C)(C)O2)CC1C=O.CN(C)c1ccc(N2CCOCC2=O)cc1. The zero-order valence-electron chi connectivity index (χ0n) is 28.2. The quantitative estimate of drug-likeness (QED) is 0.416. The summed E-state index contributed by atoms with van der Waals surface area (Å²) >= 11 is 0. The van der Waals surface area contributed by atoms with E-state index in [9.17, 15) is 14.4 Å². The molecule has 3 saturated heterocycles. The number of anilines is 2. The van der Waals surface area contributed by atoms with Crippen molar-refractivity contribution in [1.29, 1.82) is 0 Å². The van der Waals surface area contributed by atoms with Gasteiger partial charge in [0.1, 0.15) is 24.6 Å². The molecule has 11 heteroatoms. The third-order valence-electron chi connectivity index (χ3n) is 6.34.